The van der Waals surface area contributed by atoms with Crippen LogP contribution in [0.25, 0.3) is 0 Å². The lowest BCUT2D eigenvalue weighted by atomic mass is 9.83. The van der Waals surface area contributed by atoms with Crippen molar-refractivity contribution in [3.05, 3.63) is 69.1 Å². The number of nitrogens with zero attached hydrogens (tertiary/aromatic N) is 2. The molecule has 0 radical (unpaired) electrons. The van der Waals surface area contributed by atoms with Crippen molar-refractivity contribution < 1.29 is 0 Å². The fraction of sp³-hybridized carbons (Fsp3) is 0.389. The Morgan fingerprint density at radius 3 is 2.68 bits per heavy atom. The monoisotopic (exact) mass is 314 g/mol. The van der Waals surface area contributed by atoms with Gasteiger partial charge in [-0.1, -0.05) is 29.8 Å². The fourth-order valence-electron chi connectivity index (χ4n) is 3.97. The number of pyridine rings is 1. The molecule has 0 amide bonds. The molecule has 2 bridgehead atoms. The van der Waals surface area contributed by atoms with Crippen molar-refractivity contribution in [1.29, 1.82) is 0 Å². The van der Waals surface area contributed by atoms with Gasteiger partial charge < -0.3 is 4.57 Å². The van der Waals surface area contributed by atoms with Crippen LogP contribution in [-0.4, -0.2) is 22.6 Å². The molecule has 114 valence electrons. The van der Waals surface area contributed by atoms with Gasteiger partial charge in [0.1, 0.15) is 0 Å². The summed E-state index contributed by atoms with van der Waals surface area (Å²) in [5.74, 6) is 1.06. The van der Waals surface area contributed by atoms with Crippen LogP contribution in [0.5, 0.6) is 0 Å². The molecule has 0 N–H and O–H groups in total. The number of hydrogen-bond acceptors (Lipinski definition) is 2. The Morgan fingerprint density at radius 2 is 1.86 bits per heavy atom. The Bertz CT molecular complexity index is 737. The summed E-state index contributed by atoms with van der Waals surface area (Å²) < 4.78 is 1.98. The molecule has 1 saturated heterocycles. The zero-order valence-electron chi connectivity index (χ0n) is 12.4. The first-order valence-corrected chi connectivity index (χ1v) is 8.23. The molecule has 0 spiro atoms. The summed E-state index contributed by atoms with van der Waals surface area (Å²) in [6.45, 7) is 3.92. The van der Waals surface area contributed by atoms with Crippen molar-refractivity contribution in [2.75, 3.05) is 13.1 Å². The standard InChI is InChI=1S/C18H19ClN2O/c19-16-6-4-13(5-7-16)9-20-10-14-8-15(12-20)17-2-1-3-18(22)21(17)11-14/h1-7,14-15H,8-12H2/t14-,15-/m1/s1. The molecule has 3 nitrogen and oxygen atoms in total. The van der Waals surface area contributed by atoms with Gasteiger partial charge in [-0.2, -0.15) is 0 Å². The first-order valence-electron chi connectivity index (χ1n) is 7.85. The molecule has 1 aromatic heterocycles. The highest BCUT2D eigenvalue weighted by atomic mass is 35.5. The number of fused-ring (bicyclic) bond motifs is 4. The molecule has 1 fully saturated rings. The minimum absolute atomic E-state index is 0.151. The van der Waals surface area contributed by atoms with Crippen LogP contribution in [0.3, 0.4) is 0 Å². The van der Waals surface area contributed by atoms with Crippen LogP contribution in [0.4, 0.5) is 0 Å². The summed E-state index contributed by atoms with van der Waals surface area (Å²) in [5.41, 5.74) is 2.66. The van der Waals surface area contributed by atoms with Crippen LogP contribution in [-0.2, 0) is 13.1 Å². The van der Waals surface area contributed by atoms with Crippen molar-refractivity contribution in [3.63, 3.8) is 0 Å². The van der Waals surface area contributed by atoms with Gasteiger partial charge in [0.15, 0.2) is 0 Å². The average molecular weight is 315 g/mol. The molecule has 2 aliphatic rings. The second-order valence-electron chi connectivity index (χ2n) is 6.52. The van der Waals surface area contributed by atoms with Crippen LogP contribution in [0, 0.1) is 5.92 Å². The van der Waals surface area contributed by atoms with Gasteiger partial charge in [-0.05, 0) is 36.1 Å². The molecular formula is C18H19ClN2O. The predicted octanol–water partition coefficient (Wildman–Crippen LogP) is 3.12. The van der Waals surface area contributed by atoms with E-state index in [0.717, 1.165) is 31.2 Å². The van der Waals surface area contributed by atoms with Crippen LogP contribution in [0.15, 0.2) is 47.3 Å². The summed E-state index contributed by atoms with van der Waals surface area (Å²) in [7, 11) is 0. The van der Waals surface area contributed by atoms with Gasteiger partial charge in [0, 0.05) is 48.9 Å². The third-order valence-corrected chi connectivity index (χ3v) is 5.13. The molecule has 0 aliphatic carbocycles. The number of benzene rings is 1. The lowest BCUT2D eigenvalue weighted by molar-refractivity contribution is 0.114. The molecule has 3 heterocycles. The second kappa shape index (κ2) is 5.56. The maximum atomic E-state index is 12.0. The Kier molecular flexibility index (Phi) is 3.55. The molecule has 2 aliphatic heterocycles. The first kappa shape index (κ1) is 14.0. The van der Waals surface area contributed by atoms with Crippen LogP contribution >= 0.6 is 11.6 Å². The average Bonchev–Trinajstić information content (AvgIpc) is 2.51. The second-order valence-corrected chi connectivity index (χ2v) is 6.96. The molecule has 4 rings (SSSR count). The van der Waals surface area contributed by atoms with Gasteiger partial charge in [-0.15, -0.1) is 0 Å². The Balaban J connectivity index is 1.56. The van der Waals surface area contributed by atoms with E-state index in [-0.39, 0.29) is 5.56 Å². The van der Waals surface area contributed by atoms with Crippen LogP contribution in [0.2, 0.25) is 5.02 Å². The molecule has 1 aromatic carbocycles. The van der Waals surface area contributed by atoms with E-state index in [1.165, 1.54) is 17.7 Å². The zero-order valence-corrected chi connectivity index (χ0v) is 13.2. The number of halogens is 1. The van der Waals surface area contributed by atoms with E-state index in [9.17, 15) is 4.79 Å². The predicted molar refractivity (Wildman–Crippen MR) is 88.3 cm³/mol. The van der Waals surface area contributed by atoms with Crippen molar-refractivity contribution >= 4 is 11.6 Å². The molecule has 2 atom stereocenters. The van der Waals surface area contributed by atoms with E-state index in [4.69, 9.17) is 11.6 Å². The van der Waals surface area contributed by atoms with E-state index >= 15 is 0 Å². The Labute approximate surface area is 135 Å². The van der Waals surface area contributed by atoms with Crippen molar-refractivity contribution in [2.45, 2.75) is 25.4 Å². The highest BCUT2D eigenvalue weighted by Crippen LogP contribution is 2.35. The maximum Gasteiger partial charge on any atom is 0.250 e. The number of aromatic nitrogens is 1. The third kappa shape index (κ3) is 2.59. The normalized spacial score (nSPS) is 24.0. The molecule has 2 aromatic rings. The smallest absolute Gasteiger partial charge is 0.250 e. The summed E-state index contributed by atoms with van der Waals surface area (Å²) in [4.78, 5) is 14.6. The zero-order chi connectivity index (χ0) is 15.1. The maximum absolute atomic E-state index is 12.0. The lowest BCUT2D eigenvalue weighted by Crippen LogP contribution is -2.46. The van der Waals surface area contributed by atoms with Gasteiger partial charge in [0.2, 0.25) is 0 Å². The largest absolute Gasteiger partial charge is 0.312 e. The highest BCUT2D eigenvalue weighted by molar-refractivity contribution is 6.30. The molecule has 0 saturated carbocycles. The van der Waals surface area contributed by atoms with Crippen molar-refractivity contribution in [1.82, 2.24) is 9.47 Å². The van der Waals surface area contributed by atoms with E-state index in [2.05, 4.69) is 23.1 Å². The lowest BCUT2D eigenvalue weighted by Gasteiger charge is -2.42. The Hall–Kier alpha value is -1.58. The van der Waals surface area contributed by atoms with E-state index in [0.29, 0.717) is 11.8 Å². The van der Waals surface area contributed by atoms with Crippen molar-refractivity contribution in [3.8, 4) is 0 Å². The summed E-state index contributed by atoms with van der Waals surface area (Å²) >= 11 is 5.96. The fourth-order valence-corrected chi connectivity index (χ4v) is 4.10. The summed E-state index contributed by atoms with van der Waals surface area (Å²) in [6.07, 6.45) is 1.21. The molecular weight excluding hydrogens is 296 g/mol. The van der Waals surface area contributed by atoms with Gasteiger partial charge in [0.25, 0.3) is 5.56 Å². The third-order valence-electron chi connectivity index (χ3n) is 4.87. The topological polar surface area (TPSA) is 25.2 Å². The van der Waals surface area contributed by atoms with Crippen LogP contribution < -0.4 is 5.56 Å². The number of hydrogen-bond donors (Lipinski definition) is 0. The molecule has 0 unspecified atom stereocenters. The van der Waals surface area contributed by atoms with Gasteiger partial charge in [-0.25, -0.2) is 0 Å². The minimum Gasteiger partial charge on any atom is -0.312 e. The molecule has 4 heteroatoms. The highest BCUT2D eigenvalue weighted by Gasteiger charge is 2.34. The first-order chi connectivity index (χ1) is 10.7. The summed E-state index contributed by atoms with van der Waals surface area (Å²) in [6, 6.07) is 13.8. The van der Waals surface area contributed by atoms with Crippen molar-refractivity contribution in [2.24, 2.45) is 5.92 Å². The van der Waals surface area contributed by atoms with Gasteiger partial charge >= 0.3 is 0 Å². The number of piperidine rings is 1. The number of likely N-dealkylation sites (tertiary alicyclic amines) is 1. The number of rotatable bonds is 2. The van der Waals surface area contributed by atoms with Crippen LogP contribution in [0.1, 0.15) is 23.6 Å². The van der Waals surface area contributed by atoms with E-state index < -0.39 is 0 Å². The Morgan fingerprint density at radius 1 is 1.05 bits per heavy atom. The quantitative estimate of drug-likeness (QED) is 0.851. The van der Waals surface area contributed by atoms with Gasteiger partial charge in [0.05, 0.1) is 0 Å². The summed E-state index contributed by atoms with van der Waals surface area (Å²) in [5, 5.41) is 0.785. The SMILES string of the molecule is O=c1cccc2n1C[C@@H]1C[C@@H]2CN(Cc2ccc(Cl)cc2)C1. The molecule has 22 heavy (non-hydrogen) atoms. The minimum atomic E-state index is 0.151. The van der Waals surface area contributed by atoms with E-state index in [1.807, 2.05) is 22.8 Å². The van der Waals surface area contributed by atoms with E-state index in [1.54, 1.807) is 6.07 Å². The van der Waals surface area contributed by atoms with Gasteiger partial charge in [-0.3, -0.25) is 9.69 Å².